The Bertz CT molecular complexity index is 947. The normalized spacial score (nSPS) is 12.7. The summed E-state index contributed by atoms with van der Waals surface area (Å²) in [4.78, 5) is 15.9. The summed E-state index contributed by atoms with van der Waals surface area (Å²) in [6, 6.07) is 11.1. The van der Waals surface area contributed by atoms with E-state index >= 15 is 0 Å². The number of pyridine rings is 1. The van der Waals surface area contributed by atoms with Crippen LogP contribution in [0.2, 0.25) is 0 Å². The number of hydrogen-bond acceptors (Lipinski definition) is 4. The van der Waals surface area contributed by atoms with E-state index in [2.05, 4.69) is 29.6 Å². The van der Waals surface area contributed by atoms with Crippen LogP contribution >= 0.6 is 0 Å². The Morgan fingerprint density at radius 3 is 2.65 bits per heavy atom. The van der Waals surface area contributed by atoms with Crippen molar-refractivity contribution >= 4 is 16.8 Å². The van der Waals surface area contributed by atoms with E-state index in [-0.39, 0.29) is 5.69 Å². The molecule has 1 amide bonds. The number of nitrogens with two attached hydrogens (primary N) is 1. The number of hydrogen-bond donors (Lipinski definition) is 3. The van der Waals surface area contributed by atoms with Crippen molar-refractivity contribution in [1.29, 1.82) is 0 Å². The molecule has 0 unspecified atom stereocenters. The van der Waals surface area contributed by atoms with Crippen LogP contribution in [0, 0.1) is 5.92 Å². The summed E-state index contributed by atoms with van der Waals surface area (Å²) in [6.45, 7) is 4.84. The lowest BCUT2D eigenvalue weighted by molar-refractivity contribution is 0.0948. The molecule has 4 N–H and O–H groups in total. The van der Waals surface area contributed by atoms with Gasteiger partial charge >= 0.3 is 0 Å². The Labute approximate surface area is 151 Å². The predicted octanol–water partition coefficient (Wildman–Crippen LogP) is 2.48. The largest absolute Gasteiger partial charge is 0.393 e. The Balaban J connectivity index is 2.07. The van der Waals surface area contributed by atoms with Crippen LogP contribution in [-0.4, -0.2) is 32.3 Å². The number of fused-ring (bicyclic) bond motifs is 1. The van der Waals surface area contributed by atoms with Crippen molar-refractivity contribution < 1.29 is 15.0 Å². The maximum Gasteiger partial charge on any atom is 0.267 e. The fraction of sp³-hybridized carbons (Fsp3) is 0.300. The number of primary amides is 1. The third-order valence-corrected chi connectivity index (χ3v) is 4.29. The van der Waals surface area contributed by atoms with Gasteiger partial charge in [0.25, 0.3) is 5.91 Å². The van der Waals surface area contributed by atoms with E-state index in [1.165, 1.54) is 6.07 Å². The van der Waals surface area contributed by atoms with Crippen molar-refractivity contribution in [2.45, 2.75) is 26.5 Å². The van der Waals surface area contributed by atoms with E-state index in [0.717, 1.165) is 23.0 Å². The summed E-state index contributed by atoms with van der Waals surface area (Å²) >= 11 is 0. The highest BCUT2D eigenvalue weighted by Gasteiger charge is 2.14. The van der Waals surface area contributed by atoms with Crippen LogP contribution in [0.4, 0.5) is 0 Å². The van der Waals surface area contributed by atoms with Crippen molar-refractivity contribution in [1.82, 2.24) is 9.55 Å². The molecule has 0 aliphatic rings. The van der Waals surface area contributed by atoms with Gasteiger partial charge in [0, 0.05) is 29.2 Å². The zero-order valence-corrected chi connectivity index (χ0v) is 14.9. The molecule has 0 bridgehead atoms. The molecule has 0 aliphatic carbocycles. The number of carbonyl (C=O) groups is 1. The van der Waals surface area contributed by atoms with E-state index in [0.29, 0.717) is 17.2 Å². The summed E-state index contributed by atoms with van der Waals surface area (Å²) in [5.74, 6) is -0.135. The van der Waals surface area contributed by atoms with Crippen LogP contribution in [0.25, 0.3) is 22.2 Å². The molecule has 136 valence electrons. The van der Waals surface area contributed by atoms with Crippen molar-refractivity contribution in [2.75, 3.05) is 6.61 Å². The predicted molar refractivity (Wildman–Crippen MR) is 101 cm³/mol. The quantitative estimate of drug-likeness (QED) is 0.633. The smallest absolute Gasteiger partial charge is 0.267 e. The first-order valence-electron chi connectivity index (χ1n) is 8.59. The number of rotatable bonds is 6. The van der Waals surface area contributed by atoms with Gasteiger partial charge < -0.3 is 20.5 Å². The second-order valence-corrected chi connectivity index (χ2v) is 6.87. The molecule has 2 heterocycles. The van der Waals surface area contributed by atoms with E-state index in [9.17, 15) is 15.0 Å². The molecule has 26 heavy (non-hydrogen) atoms. The first kappa shape index (κ1) is 18.1. The lowest BCUT2D eigenvalue weighted by Gasteiger charge is -2.12. The van der Waals surface area contributed by atoms with Crippen molar-refractivity contribution in [3.63, 3.8) is 0 Å². The molecule has 3 rings (SSSR count). The van der Waals surface area contributed by atoms with Gasteiger partial charge in [-0.2, -0.15) is 0 Å². The van der Waals surface area contributed by atoms with Gasteiger partial charge in [-0.25, -0.2) is 4.98 Å². The van der Waals surface area contributed by atoms with E-state index in [4.69, 9.17) is 5.73 Å². The molecule has 0 spiro atoms. The Morgan fingerprint density at radius 2 is 2.00 bits per heavy atom. The highest BCUT2D eigenvalue weighted by molar-refractivity contribution is 5.92. The number of nitrogens with zero attached hydrogens (tertiary/aromatic N) is 2. The average molecular weight is 353 g/mol. The average Bonchev–Trinajstić information content (AvgIpc) is 3.02. The van der Waals surface area contributed by atoms with Crippen LogP contribution in [0.5, 0.6) is 0 Å². The number of aliphatic hydroxyl groups excluding tert-OH is 2. The van der Waals surface area contributed by atoms with Crippen molar-refractivity contribution in [2.24, 2.45) is 11.7 Å². The minimum Gasteiger partial charge on any atom is -0.393 e. The summed E-state index contributed by atoms with van der Waals surface area (Å²) in [5, 5.41) is 20.2. The highest BCUT2D eigenvalue weighted by atomic mass is 16.3. The van der Waals surface area contributed by atoms with Gasteiger partial charge in [0.15, 0.2) is 0 Å². The number of aliphatic hydroxyl groups is 2. The van der Waals surface area contributed by atoms with Crippen molar-refractivity contribution in [3.8, 4) is 11.3 Å². The van der Waals surface area contributed by atoms with Gasteiger partial charge in [0.1, 0.15) is 11.8 Å². The van der Waals surface area contributed by atoms with Crippen LogP contribution in [0.15, 0.2) is 42.6 Å². The van der Waals surface area contributed by atoms with E-state index in [1.54, 1.807) is 6.07 Å². The first-order valence-corrected chi connectivity index (χ1v) is 8.59. The molecule has 1 aromatic carbocycles. The Hall–Kier alpha value is -2.70. The Morgan fingerprint density at radius 1 is 1.23 bits per heavy atom. The summed E-state index contributed by atoms with van der Waals surface area (Å²) in [6.07, 6.45) is 0.966. The number of benzene rings is 1. The fourth-order valence-electron chi connectivity index (χ4n) is 3.04. The van der Waals surface area contributed by atoms with Gasteiger partial charge in [-0.1, -0.05) is 19.9 Å². The van der Waals surface area contributed by atoms with Crippen LogP contribution < -0.4 is 5.73 Å². The van der Waals surface area contributed by atoms with E-state index < -0.39 is 18.6 Å². The topological polar surface area (TPSA) is 101 Å². The molecular formula is C20H23N3O3. The zero-order valence-electron chi connectivity index (χ0n) is 14.9. The minimum atomic E-state index is -1.09. The number of carbonyl (C=O) groups excluding carboxylic acids is 1. The third-order valence-electron chi connectivity index (χ3n) is 4.29. The maximum atomic E-state index is 11.6. The third kappa shape index (κ3) is 3.61. The second-order valence-electron chi connectivity index (χ2n) is 6.87. The van der Waals surface area contributed by atoms with Gasteiger partial charge in [-0.15, -0.1) is 0 Å². The molecule has 0 saturated carbocycles. The molecule has 0 aliphatic heterocycles. The minimum absolute atomic E-state index is 0.0578. The Kier molecular flexibility index (Phi) is 5.06. The van der Waals surface area contributed by atoms with Crippen LogP contribution in [0.1, 0.15) is 36.0 Å². The maximum absolute atomic E-state index is 11.6. The molecule has 0 radical (unpaired) electrons. The summed E-state index contributed by atoms with van der Waals surface area (Å²) < 4.78 is 2.21. The molecule has 0 fully saturated rings. The fourth-order valence-corrected chi connectivity index (χ4v) is 3.04. The summed E-state index contributed by atoms with van der Waals surface area (Å²) in [7, 11) is 0. The SMILES string of the molecule is CC(C)Cn1ccc2cc(-c3cc([C@@H](O)CO)cc(C(N)=O)n3)ccc21. The molecule has 3 aromatic rings. The first-order chi connectivity index (χ1) is 12.4. The van der Waals surface area contributed by atoms with Crippen LogP contribution in [-0.2, 0) is 6.54 Å². The van der Waals surface area contributed by atoms with Gasteiger partial charge in [-0.3, -0.25) is 4.79 Å². The molecule has 6 heteroatoms. The van der Waals surface area contributed by atoms with E-state index in [1.807, 2.05) is 24.3 Å². The summed E-state index contributed by atoms with van der Waals surface area (Å²) in [5.41, 5.74) is 8.30. The lowest BCUT2D eigenvalue weighted by atomic mass is 10.0. The zero-order chi connectivity index (χ0) is 18.8. The standard InChI is InChI=1S/C20H23N3O3/c1-12(2)10-23-6-5-14-7-13(3-4-18(14)23)16-8-15(19(25)11-24)9-17(22-16)20(21)26/h3-9,12,19,24-25H,10-11H2,1-2H3,(H2,21,26)/t19-/m0/s1. The highest BCUT2D eigenvalue weighted by Crippen LogP contribution is 2.27. The molecule has 1 atom stereocenters. The lowest BCUT2D eigenvalue weighted by Crippen LogP contribution is -2.15. The molecular weight excluding hydrogens is 330 g/mol. The number of amides is 1. The monoisotopic (exact) mass is 353 g/mol. The van der Waals surface area contributed by atoms with Crippen molar-refractivity contribution in [3.05, 3.63) is 53.9 Å². The molecule has 6 nitrogen and oxygen atoms in total. The van der Waals surface area contributed by atoms with Gasteiger partial charge in [-0.05, 0) is 41.8 Å². The van der Waals surface area contributed by atoms with Gasteiger partial charge in [0.2, 0.25) is 0 Å². The van der Waals surface area contributed by atoms with Gasteiger partial charge in [0.05, 0.1) is 12.3 Å². The van der Waals surface area contributed by atoms with Crippen LogP contribution in [0.3, 0.4) is 0 Å². The molecule has 2 aromatic heterocycles. The second kappa shape index (κ2) is 7.27. The number of aromatic nitrogens is 2. The molecule has 0 saturated heterocycles.